The number of nitrogens with one attached hydrogen (secondary N) is 1. The fraction of sp³-hybridized carbons (Fsp3) is 0.292. The lowest BCUT2D eigenvalue weighted by Gasteiger charge is -2.33. The molecule has 156 valence electrons. The summed E-state index contributed by atoms with van der Waals surface area (Å²) < 4.78 is 5.22. The van der Waals surface area contributed by atoms with Crippen molar-refractivity contribution in [3.63, 3.8) is 0 Å². The molecule has 0 bridgehead atoms. The smallest absolute Gasteiger partial charge is 0.336 e. The molecule has 2 aromatic rings. The molecule has 2 aromatic carbocycles. The number of ether oxygens (including phenoxy) is 1. The third kappa shape index (κ3) is 4.27. The molecule has 0 spiro atoms. The summed E-state index contributed by atoms with van der Waals surface area (Å²) in [4.78, 5) is 40.3. The number of carbonyl (C=O) groups excluding carboxylic acids is 3. The number of amides is 2. The minimum atomic E-state index is -0.918. The summed E-state index contributed by atoms with van der Waals surface area (Å²) in [5.74, 6) is -2.14. The van der Waals surface area contributed by atoms with Crippen LogP contribution in [0, 0.1) is 19.8 Å². The summed E-state index contributed by atoms with van der Waals surface area (Å²) in [7, 11) is 0. The van der Waals surface area contributed by atoms with E-state index in [1.54, 1.807) is 26.0 Å². The Hall–Kier alpha value is -3.41. The second-order valence-electron chi connectivity index (χ2n) is 7.33. The van der Waals surface area contributed by atoms with Crippen molar-refractivity contribution < 1.29 is 19.1 Å². The molecule has 2 amide bonds. The second-order valence-corrected chi connectivity index (χ2v) is 7.33. The Morgan fingerprint density at radius 3 is 2.40 bits per heavy atom. The molecule has 0 unspecified atom stereocenters. The standard InChI is InChI=1S/C24H26N2O4/c1-5-30-24(29)22-17(4)26(19-9-7-6-8-10-19)21(27)14-20(22)23(28)25-18-12-11-15(2)16(3)13-18/h6-13,20H,5,14H2,1-4H3,(H,25,28)/t20-/m0/s1. The summed E-state index contributed by atoms with van der Waals surface area (Å²) in [5.41, 5.74) is 4.05. The fourth-order valence-corrected chi connectivity index (χ4v) is 3.61. The number of para-hydroxylation sites is 1. The van der Waals surface area contributed by atoms with Crippen molar-refractivity contribution in [2.45, 2.75) is 34.1 Å². The van der Waals surface area contributed by atoms with Gasteiger partial charge in [-0.3, -0.25) is 14.5 Å². The van der Waals surface area contributed by atoms with Gasteiger partial charge in [0.15, 0.2) is 0 Å². The van der Waals surface area contributed by atoms with Gasteiger partial charge >= 0.3 is 5.97 Å². The van der Waals surface area contributed by atoms with Gasteiger partial charge < -0.3 is 10.1 Å². The van der Waals surface area contributed by atoms with Crippen molar-refractivity contribution in [3.8, 4) is 0 Å². The number of benzene rings is 2. The van der Waals surface area contributed by atoms with Crippen LogP contribution in [0.5, 0.6) is 0 Å². The van der Waals surface area contributed by atoms with Crippen LogP contribution in [0.25, 0.3) is 0 Å². The lowest BCUT2D eigenvalue weighted by atomic mass is 9.88. The first-order valence-electron chi connectivity index (χ1n) is 9.97. The summed E-state index contributed by atoms with van der Waals surface area (Å²) in [5, 5.41) is 2.85. The first-order valence-corrected chi connectivity index (χ1v) is 9.97. The molecule has 0 aliphatic carbocycles. The Morgan fingerprint density at radius 1 is 1.07 bits per heavy atom. The molecule has 0 saturated heterocycles. The first-order chi connectivity index (χ1) is 14.3. The van der Waals surface area contributed by atoms with E-state index in [1.807, 2.05) is 50.2 Å². The highest BCUT2D eigenvalue weighted by molar-refractivity contribution is 6.10. The van der Waals surface area contributed by atoms with E-state index in [-0.39, 0.29) is 24.5 Å². The molecule has 1 heterocycles. The van der Waals surface area contributed by atoms with Crippen LogP contribution in [0.2, 0.25) is 0 Å². The SMILES string of the molecule is CCOC(=O)C1=C(C)N(c2ccccc2)C(=O)C[C@@H]1C(=O)Nc1ccc(C)c(C)c1. The Morgan fingerprint density at radius 2 is 1.77 bits per heavy atom. The lowest BCUT2D eigenvalue weighted by molar-refractivity contribution is -0.141. The van der Waals surface area contributed by atoms with Crippen LogP contribution in [-0.4, -0.2) is 24.4 Å². The van der Waals surface area contributed by atoms with E-state index in [1.165, 1.54) is 4.90 Å². The maximum Gasteiger partial charge on any atom is 0.336 e. The van der Waals surface area contributed by atoms with Gasteiger partial charge in [-0.05, 0) is 63.1 Å². The van der Waals surface area contributed by atoms with Crippen LogP contribution in [0.3, 0.4) is 0 Å². The zero-order chi connectivity index (χ0) is 21.8. The highest BCUT2D eigenvalue weighted by atomic mass is 16.5. The van der Waals surface area contributed by atoms with E-state index in [0.717, 1.165) is 11.1 Å². The maximum atomic E-state index is 13.1. The van der Waals surface area contributed by atoms with Gasteiger partial charge in [0.25, 0.3) is 0 Å². The van der Waals surface area contributed by atoms with E-state index in [2.05, 4.69) is 5.32 Å². The zero-order valence-electron chi connectivity index (χ0n) is 17.7. The number of hydrogen-bond donors (Lipinski definition) is 1. The van der Waals surface area contributed by atoms with Crippen molar-refractivity contribution in [1.82, 2.24) is 0 Å². The van der Waals surface area contributed by atoms with E-state index < -0.39 is 17.8 Å². The molecule has 6 nitrogen and oxygen atoms in total. The van der Waals surface area contributed by atoms with Gasteiger partial charge in [0.2, 0.25) is 11.8 Å². The van der Waals surface area contributed by atoms with Crippen LogP contribution in [0.4, 0.5) is 11.4 Å². The number of esters is 1. The average Bonchev–Trinajstić information content (AvgIpc) is 2.71. The van der Waals surface area contributed by atoms with Crippen molar-refractivity contribution >= 4 is 29.2 Å². The van der Waals surface area contributed by atoms with Gasteiger partial charge in [0, 0.05) is 23.5 Å². The predicted molar refractivity (Wildman–Crippen MR) is 116 cm³/mol. The molecule has 0 saturated carbocycles. The minimum absolute atomic E-state index is 0.114. The van der Waals surface area contributed by atoms with Crippen molar-refractivity contribution in [2.24, 2.45) is 5.92 Å². The van der Waals surface area contributed by atoms with Gasteiger partial charge in [0.05, 0.1) is 18.1 Å². The largest absolute Gasteiger partial charge is 0.463 e. The summed E-state index contributed by atoms with van der Waals surface area (Å²) in [6.45, 7) is 7.51. The number of nitrogens with zero attached hydrogens (tertiary/aromatic N) is 1. The molecular formula is C24H26N2O4. The molecule has 30 heavy (non-hydrogen) atoms. The first kappa shape index (κ1) is 21.3. The normalized spacial score (nSPS) is 16.5. The van der Waals surface area contributed by atoms with E-state index in [4.69, 9.17) is 4.74 Å². The molecule has 1 aliphatic rings. The van der Waals surface area contributed by atoms with Gasteiger partial charge in [-0.25, -0.2) is 4.79 Å². The Balaban J connectivity index is 1.99. The van der Waals surface area contributed by atoms with Crippen LogP contribution in [0.15, 0.2) is 59.8 Å². The maximum absolute atomic E-state index is 13.1. The fourth-order valence-electron chi connectivity index (χ4n) is 3.61. The van der Waals surface area contributed by atoms with E-state index >= 15 is 0 Å². The summed E-state index contributed by atoms with van der Waals surface area (Å²) in [6.07, 6.45) is -0.114. The van der Waals surface area contributed by atoms with Crippen molar-refractivity contribution in [3.05, 3.63) is 70.9 Å². The zero-order valence-corrected chi connectivity index (χ0v) is 17.7. The van der Waals surface area contributed by atoms with Crippen molar-refractivity contribution in [2.75, 3.05) is 16.8 Å². The number of hydrogen-bond acceptors (Lipinski definition) is 4. The van der Waals surface area contributed by atoms with Crippen molar-refractivity contribution in [1.29, 1.82) is 0 Å². The van der Waals surface area contributed by atoms with Crippen LogP contribution >= 0.6 is 0 Å². The molecule has 1 aliphatic heterocycles. The quantitative estimate of drug-likeness (QED) is 0.758. The van der Waals surface area contributed by atoms with Crippen LogP contribution in [0.1, 0.15) is 31.4 Å². The molecular weight excluding hydrogens is 380 g/mol. The monoisotopic (exact) mass is 406 g/mol. The van der Waals surface area contributed by atoms with Gasteiger partial charge in [-0.15, -0.1) is 0 Å². The highest BCUT2D eigenvalue weighted by Crippen LogP contribution is 2.34. The molecule has 0 radical (unpaired) electrons. The number of rotatable bonds is 5. The lowest BCUT2D eigenvalue weighted by Crippen LogP contribution is -2.43. The second kappa shape index (κ2) is 8.95. The Bertz CT molecular complexity index is 1010. The summed E-state index contributed by atoms with van der Waals surface area (Å²) >= 11 is 0. The van der Waals surface area contributed by atoms with Crippen LogP contribution in [-0.2, 0) is 19.1 Å². The average molecular weight is 406 g/mol. The summed E-state index contributed by atoms with van der Waals surface area (Å²) in [6, 6.07) is 14.7. The van der Waals surface area contributed by atoms with E-state index in [9.17, 15) is 14.4 Å². The highest BCUT2D eigenvalue weighted by Gasteiger charge is 2.40. The topological polar surface area (TPSA) is 75.7 Å². The number of aryl methyl sites for hydroxylation is 2. The Kier molecular flexibility index (Phi) is 6.35. The molecule has 6 heteroatoms. The number of allylic oxidation sites excluding steroid dienone is 1. The Labute approximate surface area is 176 Å². The third-order valence-corrected chi connectivity index (χ3v) is 5.30. The van der Waals surface area contributed by atoms with Gasteiger partial charge in [-0.1, -0.05) is 24.3 Å². The minimum Gasteiger partial charge on any atom is -0.463 e. The van der Waals surface area contributed by atoms with Crippen LogP contribution < -0.4 is 10.2 Å². The molecule has 3 rings (SSSR count). The number of carbonyl (C=O) groups is 3. The van der Waals surface area contributed by atoms with Gasteiger partial charge in [0.1, 0.15) is 0 Å². The third-order valence-electron chi connectivity index (χ3n) is 5.30. The number of anilines is 2. The molecule has 1 N–H and O–H groups in total. The molecule has 1 atom stereocenters. The molecule has 0 aromatic heterocycles. The van der Waals surface area contributed by atoms with Gasteiger partial charge in [-0.2, -0.15) is 0 Å². The predicted octanol–water partition coefficient (Wildman–Crippen LogP) is 4.13. The molecule has 0 fully saturated rings. The van der Waals surface area contributed by atoms with E-state index in [0.29, 0.717) is 17.1 Å².